The average molecular weight is 711 g/mol. The average Bonchev–Trinajstić information content (AvgIpc) is 3.18. The van der Waals surface area contributed by atoms with Crippen LogP contribution in [0.5, 0.6) is 11.5 Å². The summed E-state index contributed by atoms with van der Waals surface area (Å²) in [6.45, 7) is 8.73. The van der Waals surface area contributed by atoms with Gasteiger partial charge in [-0.15, -0.1) is 0 Å². The van der Waals surface area contributed by atoms with E-state index < -0.39 is 24.2 Å². The van der Waals surface area contributed by atoms with Crippen molar-refractivity contribution in [1.82, 2.24) is 0 Å². The molecule has 4 rings (SSSR count). The van der Waals surface area contributed by atoms with Gasteiger partial charge >= 0.3 is 17.9 Å². The smallest absolute Gasteiger partial charge is 0.343 e. The van der Waals surface area contributed by atoms with Gasteiger partial charge in [0.15, 0.2) is 6.29 Å². The molecule has 1 aliphatic rings. The third-order valence-corrected chi connectivity index (χ3v) is 7.93. The molecule has 0 saturated carbocycles. The molecule has 0 bridgehead atoms. The van der Waals surface area contributed by atoms with Crippen LogP contribution in [0.25, 0.3) is 11.1 Å². The van der Waals surface area contributed by atoms with Crippen molar-refractivity contribution in [3.8, 4) is 22.6 Å². The van der Waals surface area contributed by atoms with Crippen molar-refractivity contribution in [3.63, 3.8) is 0 Å². The second-order valence-corrected chi connectivity index (χ2v) is 11.9. The quantitative estimate of drug-likeness (QED) is 0.0272. The van der Waals surface area contributed by atoms with Crippen LogP contribution in [0.4, 0.5) is 0 Å². The molecule has 1 atom stereocenters. The van der Waals surface area contributed by atoms with E-state index in [1.807, 2.05) is 36.4 Å². The first-order valence-corrected chi connectivity index (χ1v) is 17.5. The lowest BCUT2D eigenvalue weighted by Gasteiger charge is -2.15. The van der Waals surface area contributed by atoms with Crippen LogP contribution in [0.15, 0.2) is 122 Å². The SMILES string of the molecule is C=CC(=O)OCCCCOc1ccc(-c2ccc(C(=O)OC3=CC=C(OC(=O)c4ccc(OCCCCCCOC(O)C=C)cc4)CC3)cc2)cc1. The van der Waals surface area contributed by atoms with Gasteiger partial charge in [-0.2, -0.15) is 0 Å². The molecule has 0 aromatic heterocycles. The van der Waals surface area contributed by atoms with Gasteiger partial charge < -0.3 is 33.5 Å². The fourth-order valence-corrected chi connectivity index (χ4v) is 5.00. The Morgan fingerprint density at radius 3 is 1.56 bits per heavy atom. The van der Waals surface area contributed by atoms with Crippen LogP contribution in [0.2, 0.25) is 0 Å². The summed E-state index contributed by atoms with van der Waals surface area (Å²) in [5, 5.41) is 9.28. The number of aliphatic hydroxyl groups excluding tert-OH is 1. The Morgan fingerprint density at radius 1 is 0.615 bits per heavy atom. The zero-order valence-electron chi connectivity index (χ0n) is 29.3. The molecule has 0 spiro atoms. The predicted molar refractivity (Wildman–Crippen MR) is 197 cm³/mol. The molecule has 0 saturated heterocycles. The number of hydrogen-bond acceptors (Lipinski definition) is 10. The van der Waals surface area contributed by atoms with Crippen LogP contribution < -0.4 is 9.47 Å². The lowest BCUT2D eigenvalue weighted by atomic mass is 10.0. The van der Waals surface area contributed by atoms with Crippen molar-refractivity contribution >= 4 is 17.9 Å². The Kier molecular flexibility index (Phi) is 16.4. The van der Waals surface area contributed by atoms with Gasteiger partial charge in [-0.25, -0.2) is 14.4 Å². The van der Waals surface area contributed by atoms with Gasteiger partial charge in [-0.1, -0.05) is 43.8 Å². The molecule has 0 aliphatic heterocycles. The first-order chi connectivity index (χ1) is 25.3. The van der Waals surface area contributed by atoms with Crippen LogP contribution in [0, 0.1) is 0 Å². The van der Waals surface area contributed by atoms with E-state index in [9.17, 15) is 19.5 Å². The number of carbonyl (C=O) groups excluding carboxylic acids is 3. The molecule has 1 aliphatic carbocycles. The Morgan fingerprint density at radius 2 is 1.06 bits per heavy atom. The lowest BCUT2D eigenvalue weighted by Crippen LogP contribution is -2.10. The maximum atomic E-state index is 12.8. The van der Waals surface area contributed by atoms with E-state index in [2.05, 4.69) is 13.2 Å². The number of hydrogen-bond donors (Lipinski definition) is 1. The van der Waals surface area contributed by atoms with Crippen molar-refractivity contribution in [3.05, 3.63) is 133 Å². The Labute approximate surface area is 305 Å². The zero-order chi connectivity index (χ0) is 37.0. The highest BCUT2D eigenvalue weighted by Gasteiger charge is 2.17. The van der Waals surface area contributed by atoms with Crippen molar-refractivity contribution in [2.24, 2.45) is 0 Å². The second-order valence-electron chi connectivity index (χ2n) is 11.9. The lowest BCUT2D eigenvalue weighted by molar-refractivity contribution is -0.137. The van der Waals surface area contributed by atoms with Gasteiger partial charge in [0.05, 0.1) is 37.6 Å². The molecule has 10 heteroatoms. The van der Waals surface area contributed by atoms with Gasteiger partial charge in [0.25, 0.3) is 0 Å². The number of ether oxygens (including phenoxy) is 6. The van der Waals surface area contributed by atoms with Gasteiger partial charge in [-0.3, -0.25) is 0 Å². The summed E-state index contributed by atoms with van der Waals surface area (Å²) in [6, 6.07) is 21.7. The predicted octanol–water partition coefficient (Wildman–Crippen LogP) is 8.28. The number of unbranched alkanes of at least 4 members (excludes halogenated alkanes) is 4. The summed E-state index contributed by atoms with van der Waals surface area (Å²) < 4.78 is 32.8. The molecule has 1 N–H and O–H groups in total. The van der Waals surface area contributed by atoms with Crippen LogP contribution in [-0.2, 0) is 23.7 Å². The van der Waals surface area contributed by atoms with E-state index in [1.54, 1.807) is 48.6 Å². The van der Waals surface area contributed by atoms with E-state index in [1.165, 1.54) is 6.08 Å². The molecular weight excluding hydrogens is 664 g/mol. The van der Waals surface area contributed by atoms with Gasteiger partial charge in [0, 0.05) is 18.9 Å². The van der Waals surface area contributed by atoms with Crippen LogP contribution in [0.3, 0.4) is 0 Å². The number of rotatable bonds is 22. The van der Waals surface area contributed by atoms with E-state index in [0.29, 0.717) is 74.1 Å². The Balaban J connectivity index is 1.14. The Hall–Kier alpha value is -5.45. The van der Waals surface area contributed by atoms with Crippen molar-refractivity contribution in [2.45, 2.75) is 57.7 Å². The summed E-state index contributed by atoms with van der Waals surface area (Å²) in [5.41, 5.74) is 2.74. The minimum atomic E-state index is -0.909. The number of benzene rings is 3. The Bertz CT molecular complexity index is 1670. The van der Waals surface area contributed by atoms with E-state index in [4.69, 9.17) is 28.4 Å². The fraction of sp³-hybridized carbons (Fsp3) is 0.310. The standard InChI is InChI=1S/C42H46O10/c1-3-39(43)49-29-8-6-5-7-27-47-36-21-17-34(18-22-36)42(46)52-38-25-23-37(24-26-38)51-41(45)33-13-11-31(12-14-33)32-15-19-35(20-16-32)48-28-9-10-30-50-40(44)4-2/h3-4,11-23,25,39,43H,1-2,5-10,24,26-30H2. The molecule has 1 unspecified atom stereocenters. The highest BCUT2D eigenvalue weighted by atomic mass is 16.6. The summed E-state index contributed by atoms with van der Waals surface area (Å²) in [7, 11) is 0. The number of carbonyl (C=O) groups is 3. The minimum Gasteiger partial charge on any atom is -0.494 e. The monoisotopic (exact) mass is 710 g/mol. The van der Waals surface area contributed by atoms with E-state index >= 15 is 0 Å². The summed E-state index contributed by atoms with van der Waals surface area (Å²) in [4.78, 5) is 36.6. The number of aliphatic hydroxyl groups is 1. The molecule has 0 amide bonds. The van der Waals surface area contributed by atoms with E-state index in [0.717, 1.165) is 55.1 Å². The first-order valence-electron chi connectivity index (χ1n) is 17.5. The molecule has 10 nitrogen and oxygen atoms in total. The third kappa shape index (κ3) is 13.7. The summed E-state index contributed by atoms with van der Waals surface area (Å²) in [6.07, 6.45) is 10.8. The largest absolute Gasteiger partial charge is 0.494 e. The van der Waals surface area contributed by atoms with Gasteiger partial charge in [0.1, 0.15) is 23.0 Å². The van der Waals surface area contributed by atoms with E-state index in [-0.39, 0.29) is 0 Å². The molecule has 3 aromatic carbocycles. The maximum Gasteiger partial charge on any atom is 0.343 e. The number of allylic oxidation sites excluding steroid dienone is 4. The topological polar surface area (TPSA) is 127 Å². The molecule has 52 heavy (non-hydrogen) atoms. The second kappa shape index (κ2) is 21.7. The van der Waals surface area contributed by atoms with Crippen molar-refractivity contribution in [2.75, 3.05) is 26.4 Å². The maximum absolute atomic E-state index is 12.8. The minimum absolute atomic E-state index is 0.336. The highest BCUT2D eigenvalue weighted by Crippen LogP contribution is 2.26. The summed E-state index contributed by atoms with van der Waals surface area (Å²) >= 11 is 0. The molecule has 274 valence electrons. The van der Waals surface area contributed by atoms with Crippen LogP contribution >= 0.6 is 0 Å². The van der Waals surface area contributed by atoms with Crippen molar-refractivity contribution in [1.29, 1.82) is 0 Å². The molecule has 0 heterocycles. The fourth-order valence-electron chi connectivity index (χ4n) is 5.00. The summed E-state index contributed by atoms with van der Waals surface area (Å²) in [5.74, 6) is 1.02. The molecule has 3 aromatic rings. The molecular formula is C42H46O10. The van der Waals surface area contributed by atoms with Crippen LogP contribution in [0.1, 0.15) is 72.1 Å². The normalized spacial score (nSPS) is 12.8. The first kappa shape index (κ1) is 39.3. The molecule has 0 fully saturated rings. The number of esters is 3. The van der Waals surface area contributed by atoms with Crippen molar-refractivity contribution < 1.29 is 47.9 Å². The van der Waals surface area contributed by atoms with Gasteiger partial charge in [-0.05, 0) is 110 Å². The van der Waals surface area contributed by atoms with Crippen LogP contribution in [-0.4, -0.2) is 55.7 Å². The molecule has 0 radical (unpaired) electrons. The highest BCUT2D eigenvalue weighted by molar-refractivity contribution is 5.91. The third-order valence-electron chi connectivity index (χ3n) is 7.93. The zero-order valence-corrected chi connectivity index (χ0v) is 29.3. The van der Waals surface area contributed by atoms with Gasteiger partial charge in [0.2, 0.25) is 0 Å².